The van der Waals surface area contributed by atoms with Crippen LogP contribution in [0, 0.1) is 6.92 Å². The van der Waals surface area contributed by atoms with Crippen molar-refractivity contribution in [2.45, 2.75) is 70.8 Å². The van der Waals surface area contributed by atoms with Gasteiger partial charge in [-0.2, -0.15) is 0 Å². The second-order valence-electron chi connectivity index (χ2n) is 6.82. The zero-order chi connectivity index (χ0) is 15.7. The third kappa shape index (κ3) is 2.71. The maximum Gasteiger partial charge on any atom is 0.270 e. The van der Waals surface area contributed by atoms with E-state index in [1.54, 1.807) is 0 Å². The minimum absolute atomic E-state index is 0.0478. The van der Waals surface area contributed by atoms with Crippen molar-refractivity contribution < 1.29 is 9.59 Å². The molecule has 4 heteroatoms. The van der Waals surface area contributed by atoms with Crippen LogP contribution in [0.15, 0.2) is 0 Å². The third-order valence-electron chi connectivity index (χ3n) is 5.34. The Bertz CT molecular complexity index is 580. The van der Waals surface area contributed by atoms with Crippen molar-refractivity contribution in [1.29, 1.82) is 0 Å². The van der Waals surface area contributed by atoms with E-state index in [0.717, 1.165) is 42.5 Å². The maximum atomic E-state index is 12.9. The van der Waals surface area contributed by atoms with Gasteiger partial charge < -0.3 is 9.88 Å². The van der Waals surface area contributed by atoms with E-state index in [9.17, 15) is 9.59 Å². The first kappa shape index (κ1) is 15.3. The van der Waals surface area contributed by atoms with Gasteiger partial charge in [-0.1, -0.05) is 25.7 Å². The summed E-state index contributed by atoms with van der Waals surface area (Å²) in [5.41, 5.74) is 3.23. The molecule has 3 rings (SSSR count). The lowest BCUT2D eigenvalue weighted by Gasteiger charge is -2.27. The van der Waals surface area contributed by atoms with Gasteiger partial charge in [-0.15, -0.1) is 0 Å². The number of carbonyl (C=O) groups is 2. The van der Waals surface area contributed by atoms with Gasteiger partial charge in [-0.25, -0.2) is 0 Å². The van der Waals surface area contributed by atoms with Crippen LogP contribution in [0.4, 0.5) is 0 Å². The van der Waals surface area contributed by atoms with E-state index in [1.807, 2.05) is 18.9 Å². The number of H-pyrrole nitrogens is 1. The average Bonchev–Trinajstić information content (AvgIpc) is 2.70. The maximum absolute atomic E-state index is 12.9. The second kappa shape index (κ2) is 6.27. The Hall–Kier alpha value is -1.58. The van der Waals surface area contributed by atoms with Crippen LogP contribution in [0.2, 0.25) is 0 Å². The summed E-state index contributed by atoms with van der Waals surface area (Å²) in [6, 6.07) is 0.338. The number of hydrogen-bond donors (Lipinski definition) is 1. The van der Waals surface area contributed by atoms with Crippen molar-refractivity contribution in [2.24, 2.45) is 0 Å². The number of aromatic nitrogens is 1. The van der Waals surface area contributed by atoms with Gasteiger partial charge in [-0.05, 0) is 38.2 Å². The van der Waals surface area contributed by atoms with Crippen LogP contribution in [0.25, 0.3) is 0 Å². The second-order valence-corrected chi connectivity index (χ2v) is 6.82. The molecule has 0 aliphatic heterocycles. The number of aryl methyl sites for hydroxylation is 1. The fraction of sp³-hybridized carbons (Fsp3) is 0.667. The van der Waals surface area contributed by atoms with E-state index in [2.05, 4.69) is 4.98 Å². The number of ketones is 1. The van der Waals surface area contributed by atoms with Crippen molar-refractivity contribution >= 4 is 11.7 Å². The molecule has 0 atom stereocenters. The monoisotopic (exact) mass is 302 g/mol. The van der Waals surface area contributed by atoms with Crippen LogP contribution in [0.1, 0.15) is 83.5 Å². The summed E-state index contributed by atoms with van der Waals surface area (Å²) in [7, 11) is 1.92. The molecule has 2 aliphatic rings. The summed E-state index contributed by atoms with van der Waals surface area (Å²) < 4.78 is 0. The molecule has 0 bridgehead atoms. The van der Waals surface area contributed by atoms with Gasteiger partial charge in [0.15, 0.2) is 5.78 Å². The van der Waals surface area contributed by atoms with Crippen molar-refractivity contribution in [3.05, 3.63) is 22.5 Å². The minimum atomic E-state index is 0.0478. The Balaban J connectivity index is 1.84. The van der Waals surface area contributed by atoms with E-state index in [1.165, 1.54) is 25.7 Å². The van der Waals surface area contributed by atoms with Gasteiger partial charge in [0.05, 0.1) is 0 Å². The zero-order valence-corrected chi connectivity index (χ0v) is 13.7. The molecule has 1 saturated carbocycles. The lowest BCUT2D eigenvalue weighted by atomic mass is 9.93. The molecule has 1 amide bonds. The number of aromatic amines is 1. The van der Waals surface area contributed by atoms with Crippen LogP contribution in [-0.4, -0.2) is 34.7 Å². The van der Waals surface area contributed by atoms with Crippen molar-refractivity contribution in [2.75, 3.05) is 7.05 Å². The highest BCUT2D eigenvalue weighted by molar-refractivity contribution is 6.04. The van der Waals surface area contributed by atoms with Gasteiger partial charge in [0.2, 0.25) is 0 Å². The summed E-state index contributed by atoms with van der Waals surface area (Å²) in [6.07, 6.45) is 9.55. The molecule has 1 aromatic rings. The Labute approximate surface area is 132 Å². The highest BCUT2D eigenvalue weighted by Gasteiger charge is 2.29. The first-order valence-electron chi connectivity index (χ1n) is 8.61. The topological polar surface area (TPSA) is 53.2 Å². The molecule has 0 aromatic carbocycles. The Morgan fingerprint density at radius 3 is 2.41 bits per heavy atom. The Morgan fingerprint density at radius 2 is 1.77 bits per heavy atom. The normalized spacial score (nSPS) is 19.6. The highest BCUT2D eigenvalue weighted by atomic mass is 16.2. The first-order valence-corrected chi connectivity index (χ1v) is 8.61. The molecular weight excluding hydrogens is 276 g/mol. The zero-order valence-electron chi connectivity index (χ0n) is 13.7. The molecule has 2 aliphatic carbocycles. The lowest BCUT2D eigenvalue weighted by Crippen LogP contribution is -2.37. The van der Waals surface area contributed by atoms with Gasteiger partial charge in [0.25, 0.3) is 5.91 Å². The summed E-state index contributed by atoms with van der Waals surface area (Å²) in [5.74, 6) is 0.234. The van der Waals surface area contributed by atoms with Crippen molar-refractivity contribution in [3.8, 4) is 0 Å². The number of Topliss-reactive ketones (excluding diaryl/α,β-unsaturated/α-hetero) is 1. The molecule has 1 aromatic heterocycles. The number of fused-ring (bicyclic) bond motifs is 1. The molecule has 0 unspecified atom stereocenters. The van der Waals surface area contributed by atoms with E-state index in [-0.39, 0.29) is 11.7 Å². The van der Waals surface area contributed by atoms with Crippen LogP contribution in [-0.2, 0) is 6.42 Å². The van der Waals surface area contributed by atoms with Crippen LogP contribution >= 0.6 is 0 Å². The van der Waals surface area contributed by atoms with Gasteiger partial charge in [0.1, 0.15) is 5.69 Å². The molecule has 0 saturated heterocycles. The van der Waals surface area contributed by atoms with Crippen LogP contribution < -0.4 is 0 Å². The van der Waals surface area contributed by atoms with Gasteiger partial charge in [-0.3, -0.25) is 9.59 Å². The van der Waals surface area contributed by atoms with E-state index in [4.69, 9.17) is 0 Å². The standard InChI is InChI=1S/C18H26N2O2/c1-12-16-14(10-7-11-15(16)21)19-17(12)18(22)20(2)13-8-5-3-4-6-9-13/h13,19H,3-11H2,1-2H3. The number of carbonyl (C=O) groups excluding carboxylic acids is 2. The Kier molecular flexibility index (Phi) is 4.37. The summed E-state index contributed by atoms with van der Waals surface area (Å²) in [6.45, 7) is 1.91. The molecule has 1 heterocycles. The van der Waals surface area contributed by atoms with E-state index in [0.29, 0.717) is 18.2 Å². The fourth-order valence-corrected chi connectivity index (χ4v) is 3.98. The largest absolute Gasteiger partial charge is 0.354 e. The molecule has 0 spiro atoms. The number of hydrogen-bond acceptors (Lipinski definition) is 2. The number of amides is 1. The van der Waals surface area contributed by atoms with E-state index < -0.39 is 0 Å². The molecule has 22 heavy (non-hydrogen) atoms. The first-order chi connectivity index (χ1) is 10.6. The van der Waals surface area contributed by atoms with Gasteiger partial charge >= 0.3 is 0 Å². The molecule has 0 radical (unpaired) electrons. The Morgan fingerprint density at radius 1 is 1.09 bits per heavy atom. The predicted octanol–water partition coefficient (Wildman–Crippen LogP) is 3.64. The average molecular weight is 302 g/mol. The van der Waals surface area contributed by atoms with Gasteiger partial charge in [0, 0.05) is 30.8 Å². The predicted molar refractivity (Wildman–Crippen MR) is 86.4 cm³/mol. The van der Waals surface area contributed by atoms with Crippen molar-refractivity contribution in [3.63, 3.8) is 0 Å². The number of nitrogens with zero attached hydrogens (tertiary/aromatic N) is 1. The SMILES string of the molecule is Cc1c(C(=O)N(C)C2CCCCCC2)[nH]c2c1C(=O)CCC2. The highest BCUT2D eigenvalue weighted by Crippen LogP contribution is 2.28. The van der Waals surface area contributed by atoms with E-state index >= 15 is 0 Å². The van der Waals surface area contributed by atoms with Crippen molar-refractivity contribution in [1.82, 2.24) is 9.88 Å². The van der Waals surface area contributed by atoms with Crippen LogP contribution in [0.3, 0.4) is 0 Å². The number of nitrogens with one attached hydrogen (secondary N) is 1. The summed E-state index contributed by atoms with van der Waals surface area (Å²) in [4.78, 5) is 30.2. The third-order valence-corrected chi connectivity index (χ3v) is 5.34. The fourth-order valence-electron chi connectivity index (χ4n) is 3.98. The number of rotatable bonds is 2. The lowest BCUT2D eigenvalue weighted by molar-refractivity contribution is 0.0711. The minimum Gasteiger partial charge on any atom is -0.354 e. The van der Waals surface area contributed by atoms with Crippen LogP contribution in [0.5, 0.6) is 0 Å². The molecule has 1 fully saturated rings. The molecule has 120 valence electrons. The quantitative estimate of drug-likeness (QED) is 0.848. The summed E-state index contributed by atoms with van der Waals surface area (Å²) >= 11 is 0. The molecule has 4 nitrogen and oxygen atoms in total. The molecule has 1 N–H and O–H groups in total. The molecular formula is C18H26N2O2. The smallest absolute Gasteiger partial charge is 0.270 e. The summed E-state index contributed by atoms with van der Waals surface area (Å²) in [5, 5.41) is 0.